The van der Waals surface area contributed by atoms with Crippen LogP contribution >= 0.6 is 12.2 Å². The number of hydrogen-bond acceptors (Lipinski definition) is 5. The van der Waals surface area contributed by atoms with Gasteiger partial charge in [0.2, 0.25) is 0 Å². The van der Waals surface area contributed by atoms with Gasteiger partial charge in [-0.2, -0.15) is 0 Å². The summed E-state index contributed by atoms with van der Waals surface area (Å²) in [5.41, 5.74) is 3.19. The number of amides is 2. The average molecular weight is 465 g/mol. The molecule has 0 bridgehead atoms. The van der Waals surface area contributed by atoms with E-state index in [0.717, 1.165) is 11.1 Å². The number of anilines is 1. The molecule has 1 saturated heterocycles. The molecular weight excluding hydrogens is 436 g/mol. The fourth-order valence-corrected chi connectivity index (χ4v) is 3.92. The summed E-state index contributed by atoms with van der Waals surface area (Å²) in [4.78, 5) is 27.4. The first-order valence-electron chi connectivity index (χ1n) is 10.8. The van der Waals surface area contributed by atoms with Crippen LogP contribution in [0.5, 0.6) is 11.5 Å². The highest BCUT2D eigenvalue weighted by molar-refractivity contribution is 7.80. The molecule has 1 heterocycles. The highest BCUT2D eigenvalue weighted by Crippen LogP contribution is 2.35. The summed E-state index contributed by atoms with van der Waals surface area (Å²) in [6.07, 6.45) is 3.84. The van der Waals surface area contributed by atoms with Crippen LogP contribution in [0.15, 0.2) is 54.6 Å². The molecule has 1 N–H and O–H groups in total. The number of ether oxygens (including phenoxy) is 2. The lowest BCUT2D eigenvalue weighted by molar-refractivity contribution is -0.122. The third-order valence-corrected chi connectivity index (χ3v) is 5.54. The predicted molar refractivity (Wildman–Crippen MR) is 135 cm³/mol. The second kappa shape index (κ2) is 10.4. The lowest BCUT2D eigenvalue weighted by Gasteiger charge is -2.29. The normalized spacial score (nSPS) is 15.1. The molecule has 0 radical (unpaired) electrons. The van der Waals surface area contributed by atoms with Gasteiger partial charge in [0, 0.05) is 5.56 Å². The second-order valence-corrected chi connectivity index (χ2v) is 8.23. The van der Waals surface area contributed by atoms with Crippen molar-refractivity contribution in [1.29, 1.82) is 0 Å². The smallest absolute Gasteiger partial charge is 0.270 e. The monoisotopic (exact) mass is 464 g/mol. The number of thiocarbonyl (C=S) groups is 1. The first-order chi connectivity index (χ1) is 15.8. The quantitative estimate of drug-likeness (QED) is 0.264. The van der Waals surface area contributed by atoms with E-state index in [0.29, 0.717) is 41.7 Å². The molecule has 3 rings (SSSR count). The van der Waals surface area contributed by atoms with Crippen molar-refractivity contribution in [3.63, 3.8) is 0 Å². The molecule has 0 unspecified atom stereocenters. The van der Waals surface area contributed by atoms with E-state index in [-0.39, 0.29) is 10.7 Å². The van der Waals surface area contributed by atoms with Gasteiger partial charge in [-0.1, -0.05) is 32.1 Å². The number of allylic oxidation sites excluding steroid dienone is 1. The van der Waals surface area contributed by atoms with Crippen LogP contribution in [0.4, 0.5) is 5.69 Å². The SMILES string of the molecule is C=CCc1cc(/C=C2\C(=O)NC(=S)N(c3ccc(C(C)C)cc3)C2=O)cc(OCC)c1OC. The first-order valence-corrected chi connectivity index (χ1v) is 11.2. The Labute approximate surface area is 199 Å². The summed E-state index contributed by atoms with van der Waals surface area (Å²) in [6, 6.07) is 11.2. The fourth-order valence-electron chi connectivity index (χ4n) is 3.64. The largest absolute Gasteiger partial charge is 0.493 e. The van der Waals surface area contributed by atoms with Gasteiger partial charge >= 0.3 is 0 Å². The molecule has 2 aromatic carbocycles. The zero-order valence-corrected chi connectivity index (χ0v) is 20.1. The third kappa shape index (κ3) is 5.14. The Bertz CT molecular complexity index is 1120. The Morgan fingerprint density at radius 1 is 1.18 bits per heavy atom. The molecule has 33 heavy (non-hydrogen) atoms. The Hall–Kier alpha value is -3.45. The minimum Gasteiger partial charge on any atom is -0.493 e. The van der Waals surface area contributed by atoms with E-state index in [9.17, 15) is 9.59 Å². The van der Waals surface area contributed by atoms with Crippen LogP contribution in [0.3, 0.4) is 0 Å². The minimum atomic E-state index is -0.543. The Morgan fingerprint density at radius 2 is 1.88 bits per heavy atom. The van der Waals surface area contributed by atoms with Crippen molar-refractivity contribution in [1.82, 2.24) is 5.32 Å². The highest BCUT2D eigenvalue weighted by atomic mass is 32.1. The van der Waals surface area contributed by atoms with E-state index in [4.69, 9.17) is 21.7 Å². The maximum Gasteiger partial charge on any atom is 0.270 e. The van der Waals surface area contributed by atoms with Gasteiger partial charge in [0.15, 0.2) is 16.6 Å². The Balaban J connectivity index is 2.04. The lowest BCUT2D eigenvalue weighted by Crippen LogP contribution is -2.54. The van der Waals surface area contributed by atoms with Crippen molar-refractivity contribution in [2.24, 2.45) is 0 Å². The first kappa shape index (κ1) is 24.2. The summed E-state index contributed by atoms with van der Waals surface area (Å²) in [6.45, 7) is 10.3. The number of nitrogens with zero attached hydrogens (tertiary/aromatic N) is 1. The van der Waals surface area contributed by atoms with Crippen LogP contribution in [-0.2, 0) is 16.0 Å². The molecule has 2 aromatic rings. The summed E-state index contributed by atoms with van der Waals surface area (Å²) < 4.78 is 11.3. The molecule has 6 nitrogen and oxygen atoms in total. The fraction of sp³-hybridized carbons (Fsp3) is 0.269. The number of benzene rings is 2. The van der Waals surface area contributed by atoms with Gasteiger partial charge in [-0.3, -0.25) is 19.8 Å². The van der Waals surface area contributed by atoms with Crippen LogP contribution < -0.4 is 19.7 Å². The van der Waals surface area contributed by atoms with Gasteiger partial charge in [-0.25, -0.2) is 0 Å². The molecule has 0 atom stereocenters. The molecule has 0 aliphatic carbocycles. The molecule has 0 aromatic heterocycles. The maximum absolute atomic E-state index is 13.4. The number of methoxy groups -OCH3 is 1. The summed E-state index contributed by atoms with van der Waals surface area (Å²) >= 11 is 5.31. The van der Waals surface area contributed by atoms with Gasteiger partial charge in [-0.15, -0.1) is 6.58 Å². The summed E-state index contributed by atoms with van der Waals surface area (Å²) in [7, 11) is 1.57. The van der Waals surface area contributed by atoms with E-state index >= 15 is 0 Å². The van der Waals surface area contributed by atoms with Crippen LogP contribution in [0.25, 0.3) is 6.08 Å². The van der Waals surface area contributed by atoms with Crippen LogP contribution in [0, 0.1) is 0 Å². The average Bonchev–Trinajstić information content (AvgIpc) is 2.77. The van der Waals surface area contributed by atoms with E-state index in [1.165, 1.54) is 4.90 Å². The van der Waals surface area contributed by atoms with E-state index in [1.807, 2.05) is 37.3 Å². The minimum absolute atomic E-state index is 0.0197. The zero-order valence-electron chi connectivity index (χ0n) is 19.3. The number of rotatable bonds is 8. The van der Waals surface area contributed by atoms with Crippen LogP contribution in [-0.4, -0.2) is 30.6 Å². The molecule has 1 aliphatic rings. The zero-order chi connectivity index (χ0) is 24.1. The predicted octanol–water partition coefficient (Wildman–Crippen LogP) is 4.78. The van der Waals surface area contributed by atoms with Crippen molar-refractivity contribution < 1.29 is 19.1 Å². The van der Waals surface area contributed by atoms with Gasteiger partial charge in [0.05, 0.1) is 19.4 Å². The lowest BCUT2D eigenvalue weighted by atomic mass is 10.0. The molecule has 1 aliphatic heterocycles. The van der Waals surface area contributed by atoms with Gasteiger partial charge in [0.1, 0.15) is 5.57 Å². The third-order valence-electron chi connectivity index (χ3n) is 5.25. The van der Waals surface area contributed by atoms with Gasteiger partial charge in [-0.05, 0) is 72.9 Å². The standard InChI is InChI=1S/C26H28N2O4S/c1-6-8-19-13-17(15-22(32-7-2)23(19)31-5)14-21-24(29)27-26(33)28(25(21)30)20-11-9-18(10-12-20)16(3)4/h6,9-16H,1,7-8H2,2-5H3,(H,27,29,33)/b21-14+. The number of hydrogen-bond donors (Lipinski definition) is 1. The molecular formula is C26H28N2O4S. The van der Waals surface area contributed by atoms with E-state index in [2.05, 4.69) is 25.7 Å². The molecule has 0 spiro atoms. The number of carbonyl (C=O) groups is 2. The molecule has 0 saturated carbocycles. The van der Waals surface area contributed by atoms with E-state index in [1.54, 1.807) is 25.3 Å². The Kier molecular flexibility index (Phi) is 7.66. The second-order valence-electron chi connectivity index (χ2n) is 7.84. The molecule has 2 amide bonds. The van der Waals surface area contributed by atoms with Crippen LogP contribution in [0.1, 0.15) is 43.4 Å². The van der Waals surface area contributed by atoms with Crippen molar-refractivity contribution in [3.8, 4) is 11.5 Å². The maximum atomic E-state index is 13.4. The van der Waals surface area contributed by atoms with E-state index < -0.39 is 11.8 Å². The van der Waals surface area contributed by atoms with Crippen molar-refractivity contribution in [2.75, 3.05) is 18.6 Å². The number of nitrogens with one attached hydrogen (secondary N) is 1. The molecule has 1 fully saturated rings. The summed E-state index contributed by atoms with van der Waals surface area (Å²) in [5, 5.41) is 2.68. The van der Waals surface area contributed by atoms with Crippen molar-refractivity contribution in [2.45, 2.75) is 33.1 Å². The topological polar surface area (TPSA) is 67.9 Å². The molecule has 172 valence electrons. The van der Waals surface area contributed by atoms with Gasteiger partial charge in [0.25, 0.3) is 11.8 Å². The highest BCUT2D eigenvalue weighted by Gasteiger charge is 2.34. The van der Waals surface area contributed by atoms with Crippen molar-refractivity contribution in [3.05, 3.63) is 71.3 Å². The van der Waals surface area contributed by atoms with Crippen molar-refractivity contribution >= 4 is 40.9 Å². The van der Waals surface area contributed by atoms with Gasteiger partial charge < -0.3 is 9.47 Å². The molecule has 7 heteroatoms. The number of carbonyl (C=O) groups excluding carboxylic acids is 2. The van der Waals surface area contributed by atoms with Crippen LogP contribution in [0.2, 0.25) is 0 Å². The Morgan fingerprint density at radius 3 is 2.45 bits per heavy atom. The summed E-state index contributed by atoms with van der Waals surface area (Å²) in [5.74, 6) is 0.467.